The Morgan fingerprint density at radius 1 is 0.403 bits per heavy atom. The summed E-state index contributed by atoms with van der Waals surface area (Å²) in [6.45, 7) is 5.91. The Bertz CT molecular complexity index is 2840. The molecule has 0 saturated heterocycles. The molecule has 0 aliphatic rings. The van der Waals surface area contributed by atoms with Gasteiger partial charge in [-0.1, -0.05) is 97.1 Å². The summed E-state index contributed by atoms with van der Waals surface area (Å²) in [4.78, 5) is 1.92. The van der Waals surface area contributed by atoms with Crippen LogP contribution in [-0.2, 0) is 9.47 Å². The molecule has 0 radical (unpaired) electrons. The van der Waals surface area contributed by atoms with Gasteiger partial charge in [-0.2, -0.15) is 0 Å². The fourth-order valence-electron chi connectivity index (χ4n) is 8.23. The molecular formula is C52H44N2O6S2. The van der Waals surface area contributed by atoms with Crippen molar-refractivity contribution >= 4 is 66.3 Å². The molecule has 62 heavy (non-hydrogen) atoms. The summed E-state index contributed by atoms with van der Waals surface area (Å²) >= 11 is 3.26. The van der Waals surface area contributed by atoms with E-state index in [0.29, 0.717) is 26.4 Å². The number of fused-ring (bicyclic) bond motifs is 6. The van der Waals surface area contributed by atoms with Crippen LogP contribution in [0.5, 0.6) is 23.0 Å². The van der Waals surface area contributed by atoms with Crippen LogP contribution in [-0.4, -0.2) is 49.1 Å². The van der Waals surface area contributed by atoms with E-state index in [0.717, 1.165) is 77.3 Å². The number of thiophene rings is 2. The SMILES string of the molecule is CCOCOc1c(-n2c3ccccc3c3ccccc32)csc1-c1ccccc1OCCOc1ccccc1-c1scc(-n2c3ccccc3c3ccccc32)c1OCOCC. The summed E-state index contributed by atoms with van der Waals surface area (Å²) in [5.74, 6) is 2.97. The third-order valence-electron chi connectivity index (χ3n) is 10.9. The Morgan fingerprint density at radius 2 is 0.742 bits per heavy atom. The summed E-state index contributed by atoms with van der Waals surface area (Å²) < 4.78 is 42.1. The minimum absolute atomic E-state index is 0.128. The first-order valence-corrected chi connectivity index (χ1v) is 22.6. The summed E-state index contributed by atoms with van der Waals surface area (Å²) in [5.41, 5.74) is 8.22. The zero-order valence-electron chi connectivity index (χ0n) is 34.4. The first-order valence-electron chi connectivity index (χ1n) is 20.8. The minimum Gasteiger partial charge on any atom is -0.489 e. The number of benzene rings is 6. The van der Waals surface area contributed by atoms with Crippen molar-refractivity contribution in [3.05, 3.63) is 156 Å². The third-order valence-corrected chi connectivity index (χ3v) is 12.9. The Kier molecular flexibility index (Phi) is 11.4. The van der Waals surface area contributed by atoms with Crippen LogP contribution in [0.25, 0.3) is 75.9 Å². The van der Waals surface area contributed by atoms with Crippen molar-refractivity contribution in [3.63, 3.8) is 0 Å². The smallest absolute Gasteiger partial charge is 0.189 e. The molecule has 0 amide bonds. The molecule has 0 fully saturated rings. The molecular weight excluding hydrogens is 813 g/mol. The predicted octanol–water partition coefficient (Wildman–Crippen LogP) is 13.5. The van der Waals surface area contributed by atoms with E-state index in [1.807, 2.05) is 50.2 Å². The van der Waals surface area contributed by atoms with Crippen LogP contribution in [0.3, 0.4) is 0 Å². The lowest BCUT2D eigenvalue weighted by molar-refractivity contribution is 0.0228. The number of nitrogens with zero attached hydrogens (tertiary/aromatic N) is 2. The fourth-order valence-corrected chi connectivity index (χ4v) is 10.2. The number of aromatic nitrogens is 2. The van der Waals surface area contributed by atoms with Crippen molar-refractivity contribution in [1.82, 2.24) is 9.13 Å². The van der Waals surface area contributed by atoms with Crippen LogP contribution in [0.1, 0.15) is 13.8 Å². The monoisotopic (exact) mass is 856 g/mol. The highest BCUT2D eigenvalue weighted by Crippen LogP contribution is 2.49. The molecule has 310 valence electrons. The molecule has 0 saturated carbocycles. The molecule has 10 heteroatoms. The average Bonchev–Trinajstić information content (AvgIpc) is 4.09. The molecule has 0 N–H and O–H groups in total. The lowest BCUT2D eigenvalue weighted by Crippen LogP contribution is -2.10. The van der Waals surface area contributed by atoms with Gasteiger partial charge in [0.1, 0.15) is 36.1 Å². The van der Waals surface area contributed by atoms with Crippen molar-refractivity contribution in [1.29, 1.82) is 0 Å². The van der Waals surface area contributed by atoms with Crippen LogP contribution < -0.4 is 18.9 Å². The van der Waals surface area contributed by atoms with E-state index >= 15 is 0 Å². The molecule has 0 aliphatic carbocycles. The summed E-state index contributed by atoms with van der Waals surface area (Å²) in [7, 11) is 0. The predicted molar refractivity (Wildman–Crippen MR) is 253 cm³/mol. The van der Waals surface area contributed by atoms with Gasteiger partial charge in [-0.15, -0.1) is 22.7 Å². The van der Waals surface area contributed by atoms with Crippen LogP contribution in [0.2, 0.25) is 0 Å². The van der Waals surface area contributed by atoms with Gasteiger partial charge < -0.3 is 37.6 Å². The van der Waals surface area contributed by atoms with Gasteiger partial charge in [0, 0.05) is 56.6 Å². The van der Waals surface area contributed by atoms with Crippen LogP contribution in [0.4, 0.5) is 0 Å². The highest BCUT2D eigenvalue weighted by Gasteiger charge is 2.25. The summed E-state index contributed by atoms with van der Waals surface area (Å²) in [5, 5.41) is 9.08. The standard InChI is InChI=1S/C52H44N2O6S2/c1-3-55-33-59-49-45(53-41-23-11-5-17-35(41)36-18-6-12-24-42(36)53)31-61-51(49)39-21-9-15-27-47(39)57-29-30-58-48-28-16-10-22-40(48)52-50(60-34-56-4-2)46(32-62-52)54-43-25-13-7-19-37(43)38-20-8-14-26-44(38)54/h5-28,31-32H,3-4,29-30,33-34H2,1-2H3. The van der Waals surface area contributed by atoms with E-state index in [9.17, 15) is 0 Å². The van der Waals surface area contributed by atoms with E-state index in [-0.39, 0.29) is 13.6 Å². The molecule has 0 aliphatic heterocycles. The topological polar surface area (TPSA) is 65.2 Å². The van der Waals surface area contributed by atoms with Crippen molar-refractivity contribution in [2.75, 3.05) is 40.0 Å². The van der Waals surface area contributed by atoms with Gasteiger partial charge in [-0.25, -0.2) is 0 Å². The molecule has 4 aromatic heterocycles. The van der Waals surface area contributed by atoms with E-state index in [4.69, 9.17) is 28.4 Å². The molecule has 0 atom stereocenters. The van der Waals surface area contributed by atoms with Crippen LogP contribution in [0, 0.1) is 0 Å². The molecule has 0 bridgehead atoms. The highest BCUT2D eigenvalue weighted by atomic mass is 32.1. The van der Waals surface area contributed by atoms with Gasteiger partial charge >= 0.3 is 0 Å². The molecule has 6 aromatic carbocycles. The van der Waals surface area contributed by atoms with Gasteiger partial charge in [0.15, 0.2) is 25.1 Å². The molecule has 0 unspecified atom stereocenters. The summed E-state index contributed by atoms with van der Waals surface area (Å²) in [6.07, 6.45) is 0. The number of ether oxygens (including phenoxy) is 6. The Labute approximate surface area is 367 Å². The average molecular weight is 857 g/mol. The largest absolute Gasteiger partial charge is 0.489 e. The van der Waals surface area contributed by atoms with Crippen molar-refractivity contribution in [3.8, 4) is 55.3 Å². The van der Waals surface area contributed by atoms with E-state index in [2.05, 4.69) is 129 Å². The normalized spacial score (nSPS) is 11.6. The van der Waals surface area contributed by atoms with E-state index in [1.54, 1.807) is 22.7 Å². The zero-order chi connectivity index (χ0) is 41.8. The number of rotatable bonds is 17. The second-order valence-electron chi connectivity index (χ2n) is 14.5. The lowest BCUT2D eigenvalue weighted by atomic mass is 10.1. The first kappa shape index (κ1) is 39.6. The number of hydrogen-bond donors (Lipinski definition) is 0. The number of para-hydroxylation sites is 6. The quantitative estimate of drug-likeness (QED) is 0.0671. The minimum atomic E-state index is 0.128. The lowest BCUT2D eigenvalue weighted by Gasteiger charge is -2.16. The van der Waals surface area contributed by atoms with Crippen molar-refractivity contribution in [2.24, 2.45) is 0 Å². The van der Waals surface area contributed by atoms with Gasteiger partial charge in [0.05, 0.1) is 31.8 Å². The maximum Gasteiger partial charge on any atom is 0.189 e. The highest BCUT2D eigenvalue weighted by molar-refractivity contribution is 7.14. The van der Waals surface area contributed by atoms with Crippen LogP contribution in [0.15, 0.2) is 156 Å². The zero-order valence-corrected chi connectivity index (χ0v) is 36.0. The fraction of sp³-hybridized carbons (Fsp3) is 0.154. The molecule has 10 aromatic rings. The third kappa shape index (κ3) is 7.24. The molecule has 10 rings (SSSR count). The first-order chi connectivity index (χ1) is 30.7. The maximum atomic E-state index is 6.55. The van der Waals surface area contributed by atoms with Crippen LogP contribution >= 0.6 is 22.7 Å². The summed E-state index contributed by atoms with van der Waals surface area (Å²) in [6, 6.07) is 50.2. The van der Waals surface area contributed by atoms with Crippen molar-refractivity contribution < 1.29 is 28.4 Å². The molecule has 8 nitrogen and oxygen atoms in total. The molecule has 4 heterocycles. The van der Waals surface area contributed by atoms with E-state index in [1.165, 1.54) is 21.5 Å². The van der Waals surface area contributed by atoms with Gasteiger partial charge in [-0.3, -0.25) is 0 Å². The van der Waals surface area contributed by atoms with Gasteiger partial charge in [0.25, 0.3) is 0 Å². The Balaban J connectivity index is 0.940. The van der Waals surface area contributed by atoms with Gasteiger partial charge in [-0.05, 0) is 62.4 Å². The van der Waals surface area contributed by atoms with Crippen molar-refractivity contribution in [2.45, 2.75) is 13.8 Å². The number of hydrogen-bond acceptors (Lipinski definition) is 8. The second-order valence-corrected chi connectivity index (χ2v) is 16.3. The van der Waals surface area contributed by atoms with Gasteiger partial charge in [0.2, 0.25) is 0 Å². The maximum absolute atomic E-state index is 6.55. The Hall–Kier alpha value is -6.56. The van der Waals surface area contributed by atoms with E-state index < -0.39 is 0 Å². The second kappa shape index (κ2) is 17.8. The molecule has 0 spiro atoms. The Morgan fingerprint density at radius 3 is 1.11 bits per heavy atom.